The van der Waals surface area contributed by atoms with Gasteiger partial charge in [-0.2, -0.15) is 0 Å². The number of benzene rings is 3. The van der Waals surface area contributed by atoms with E-state index in [2.05, 4.69) is 31.1 Å². The third-order valence-electron chi connectivity index (χ3n) is 5.47. The molecule has 0 saturated heterocycles. The molecule has 10 heteroatoms. The van der Waals surface area contributed by atoms with Crippen molar-refractivity contribution in [1.29, 1.82) is 0 Å². The number of halogens is 3. The van der Waals surface area contributed by atoms with Crippen LogP contribution in [0.4, 0.5) is 10.8 Å². The van der Waals surface area contributed by atoms with Crippen LogP contribution in [0.15, 0.2) is 76.7 Å². The minimum absolute atomic E-state index is 0. The number of nitrogens with one attached hydrogen (secondary N) is 2. The molecule has 0 bridgehead atoms. The second-order valence-electron chi connectivity index (χ2n) is 7.52. The van der Waals surface area contributed by atoms with Gasteiger partial charge in [-0.1, -0.05) is 70.9 Å². The van der Waals surface area contributed by atoms with E-state index in [1.54, 1.807) is 4.90 Å². The van der Waals surface area contributed by atoms with Gasteiger partial charge in [0.05, 0.1) is 24.5 Å². The lowest BCUT2D eigenvalue weighted by molar-refractivity contribution is -0.894. The number of anilines is 2. The first-order chi connectivity index (χ1) is 16.3. The second kappa shape index (κ2) is 13.4. The van der Waals surface area contributed by atoms with Crippen LogP contribution in [0.2, 0.25) is 9.36 Å². The molecule has 0 unspecified atom stereocenters. The van der Waals surface area contributed by atoms with Crippen LogP contribution < -0.4 is 22.6 Å². The normalized spacial score (nSPS) is 11.0. The zero-order valence-corrected chi connectivity index (χ0v) is 23.6. The molecule has 1 aromatic heterocycles. The summed E-state index contributed by atoms with van der Waals surface area (Å²) in [7, 11) is -3.83. The number of nitrogens with zero attached hydrogens (tertiary/aromatic N) is 1. The third kappa shape index (κ3) is 7.32. The molecular weight excluding hydrogens is 545 g/mol. The van der Waals surface area contributed by atoms with Crippen molar-refractivity contribution >= 4 is 66.0 Å². The smallest absolute Gasteiger partial charge is 0.226 e. The maximum Gasteiger partial charge on any atom is 0.226 e. The first-order valence-electron chi connectivity index (χ1n) is 11.0. The second-order valence-corrected chi connectivity index (χ2v) is 11.4. The predicted molar refractivity (Wildman–Crippen MR) is 144 cm³/mol. The van der Waals surface area contributed by atoms with Crippen LogP contribution in [0.25, 0.3) is 10.8 Å². The third-order valence-corrected chi connectivity index (χ3v) is 8.83. The first-order valence-corrected chi connectivity index (χ1v) is 14.1. The van der Waals surface area contributed by atoms with Crippen molar-refractivity contribution in [3.8, 4) is 0 Å². The summed E-state index contributed by atoms with van der Waals surface area (Å²) in [5.74, 6) is 0. The Hall–Kier alpha value is -1.87. The van der Waals surface area contributed by atoms with Crippen LogP contribution >= 0.6 is 34.5 Å². The molecule has 5 nitrogen and oxygen atoms in total. The van der Waals surface area contributed by atoms with Gasteiger partial charge in [-0.05, 0) is 56.5 Å². The maximum atomic E-state index is 12.8. The molecule has 35 heavy (non-hydrogen) atoms. The molecule has 0 atom stereocenters. The Balaban J connectivity index is 0.000000476. The summed E-state index contributed by atoms with van der Waals surface area (Å²) in [5, 5.41) is 5.95. The molecule has 0 spiro atoms. The van der Waals surface area contributed by atoms with E-state index in [0.717, 1.165) is 27.8 Å². The fraction of sp³-hybridized carbons (Fsp3) is 0.240. The molecule has 0 aliphatic rings. The number of hydrogen-bond acceptors (Lipinski definition) is 5. The minimum atomic E-state index is -3.83. The molecule has 0 aliphatic carbocycles. The van der Waals surface area contributed by atoms with E-state index in [1.165, 1.54) is 43.9 Å². The molecular formula is C25H28Cl3N3O2S2. The molecule has 1 heterocycles. The van der Waals surface area contributed by atoms with Gasteiger partial charge in [0.25, 0.3) is 0 Å². The number of thiazole rings is 1. The standard InChI is InChI=1S/C19H12Cl2N2O2S2.C6H15N.ClH/c20-13-8-10-14(11-9-13)27(24,25)18-17(21)26-19(23-18)22-16-7-3-5-12-4-1-2-6-15(12)16;1-4-7(5-2)6-3;/h1-11H,(H,22,23);4-6H2,1-3H3;1H. The van der Waals surface area contributed by atoms with Gasteiger partial charge in [0, 0.05) is 16.1 Å². The molecule has 0 saturated carbocycles. The van der Waals surface area contributed by atoms with Crippen molar-refractivity contribution in [3.63, 3.8) is 0 Å². The first kappa shape index (κ1) is 29.4. The van der Waals surface area contributed by atoms with Crippen molar-refractivity contribution < 1.29 is 25.7 Å². The van der Waals surface area contributed by atoms with Crippen molar-refractivity contribution in [2.24, 2.45) is 0 Å². The topological polar surface area (TPSA) is 63.5 Å². The highest BCUT2D eigenvalue weighted by Crippen LogP contribution is 2.37. The summed E-state index contributed by atoms with van der Waals surface area (Å²) in [4.78, 5) is 6.01. The summed E-state index contributed by atoms with van der Waals surface area (Å²) < 4.78 is 25.8. The fourth-order valence-corrected chi connectivity index (χ4v) is 6.38. The predicted octanol–water partition coefficient (Wildman–Crippen LogP) is 3.11. The molecule has 4 rings (SSSR count). The van der Waals surface area contributed by atoms with Gasteiger partial charge >= 0.3 is 0 Å². The van der Waals surface area contributed by atoms with Crippen LogP contribution in [-0.4, -0.2) is 33.0 Å². The van der Waals surface area contributed by atoms with Gasteiger partial charge in [-0.3, -0.25) is 0 Å². The molecule has 4 aromatic rings. The van der Waals surface area contributed by atoms with Crippen LogP contribution in [0, 0.1) is 0 Å². The minimum Gasteiger partial charge on any atom is -1.00 e. The SMILES string of the molecule is CC[NH+](CC)CC.O=S(=O)(c1ccc(Cl)cc1)c1nc(Nc2cccc3ccccc23)sc1Cl.[Cl-]. The van der Waals surface area contributed by atoms with Crippen LogP contribution in [0.1, 0.15) is 20.8 Å². The molecule has 0 fully saturated rings. The Morgan fingerprint density at radius 2 is 1.49 bits per heavy atom. The van der Waals surface area contributed by atoms with Gasteiger partial charge in [-0.25, -0.2) is 13.4 Å². The van der Waals surface area contributed by atoms with Gasteiger partial charge in [0.15, 0.2) is 10.2 Å². The average Bonchev–Trinajstić information content (AvgIpc) is 3.22. The highest BCUT2D eigenvalue weighted by molar-refractivity contribution is 7.91. The van der Waals surface area contributed by atoms with E-state index in [-0.39, 0.29) is 26.7 Å². The average molecular weight is 573 g/mol. The van der Waals surface area contributed by atoms with Crippen molar-refractivity contribution in [2.75, 3.05) is 25.0 Å². The lowest BCUT2D eigenvalue weighted by Crippen LogP contribution is -3.11. The fourth-order valence-electron chi connectivity index (χ4n) is 3.43. The quantitative estimate of drug-likeness (QED) is 0.357. The molecule has 0 aliphatic heterocycles. The summed E-state index contributed by atoms with van der Waals surface area (Å²) in [6.45, 7) is 10.5. The summed E-state index contributed by atoms with van der Waals surface area (Å²) in [6.07, 6.45) is 0. The van der Waals surface area contributed by atoms with E-state index in [0.29, 0.717) is 10.2 Å². The Bertz CT molecular complexity index is 1330. The van der Waals surface area contributed by atoms with Crippen molar-refractivity contribution in [2.45, 2.75) is 30.7 Å². The summed E-state index contributed by atoms with van der Waals surface area (Å²) in [6, 6.07) is 19.6. The van der Waals surface area contributed by atoms with Gasteiger partial charge in [0.2, 0.25) is 9.84 Å². The zero-order chi connectivity index (χ0) is 24.7. The number of aromatic nitrogens is 1. The highest BCUT2D eigenvalue weighted by atomic mass is 35.5. The highest BCUT2D eigenvalue weighted by Gasteiger charge is 2.26. The maximum absolute atomic E-state index is 12.8. The van der Waals surface area contributed by atoms with Crippen LogP contribution in [0.3, 0.4) is 0 Å². The largest absolute Gasteiger partial charge is 1.00 e. The number of rotatable bonds is 7. The van der Waals surface area contributed by atoms with Crippen LogP contribution in [0.5, 0.6) is 0 Å². The molecule has 3 aromatic carbocycles. The summed E-state index contributed by atoms with van der Waals surface area (Å²) >= 11 is 13.1. The summed E-state index contributed by atoms with van der Waals surface area (Å²) in [5.41, 5.74) is 0.828. The number of fused-ring (bicyclic) bond motifs is 1. The van der Waals surface area contributed by atoms with Crippen molar-refractivity contribution in [1.82, 2.24) is 4.98 Å². The zero-order valence-electron chi connectivity index (χ0n) is 19.7. The number of quaternary nitrogens is 1. The van der Waals surface area contributed by atoms with Gasteiger partial charge < -0.3 is 22.6 Å². The molecule has 0 amide bonds. The molecule has 188 valence electrons. The Kier molecular flexibility index (Phi) is 11.3. The lowest BCUT2D eigenvalue weighted by atomic mass is 10.1. The number of sulfone groups is 1. The van der Waals surface area contributed by atoms with Gasteiger partial charge in [0.1, 0.15) is 4.34 Å². The molecule has 0 radical (unpaired) electrons. The Labute approximate surface area is 227 Å². The van der Waals surface area contributed by atoms with E-state index in [1.807, 2.05) is 42.5 Å². The van der Waals surface area contributed by atoms with E-state index < -0.39 is 9.84 Å². The molecule has 2 N–H and O–H groups in total. The Morgan fingerprint density at radius 3 is 2.09 bits per heavy atom. The monoisotopic (exact) mass is 571 g/mol. The van der Waals surface area contributed by atoms with Gasteiger partial charge in [-0.15, -0.1) is 0 Å². The van der Waals surface area contributed by atoms with Crippen LogP contribution in [-0.2, 0) is 9.84 Å². The van der Waals surface area contributed by atoms with E-state index in [4.69, 9.17) is 23.2 Å². The van der Waals surface area contributed by atoms with E-state index >= 15 is 0 Å². The van der Waals surface area contributed by atoms with Crippen molar-refractivity contribution in [3.05, 3.63) is 76.1 Å². The number of hydrogen-bond donors (Lipinski definition) is 2. The Morgan fingerprint density at radius 1 is 0.886 bits per heavy atom. The van der Waals surface area contributed by atoms with E-state index in [9.17, 15) is 8.42 Å². The lowest BCUT2D eigenvalue weighted by Gasteiger charge is -2.10.